The lowest BCUT2D eigenvalue weighted by Gasteiger charge is -2.23. The molecule has 128 valence electrons. The predicted octanol–water partition coefficient (Wildman–Crippen LogP) is 3.56. The van der Waals surface area contributed by atoms with Crippen LogP contribution in [-0.4, -0.2) is 32.3 Å². The number of pyridine rings is 1. The van der Waals surface area contributed by atoms with Crippen LogP contribution in [0, 0.1) is 6.92 Å². The lowest BCUT2D eigenvalue weighted by atomic mass is 10.1. The van der Waals surface area contributed by atoms with Crippen molar-refractivity contribution in [1.29, 1.82) is 0 Å². The van der Waals surface area contributed by atoms with Crippen LogP contribution in [0.2, 0.25) is 0 Å². The van der Waals surface area contributed by atoms with Gasteiger partial charge in [-0.05, 0) is 55.5 Å². The van der Waals surface area contributed by atoms with Crippen LogP contribution >= 0.6 is 0 Å². The van der Waals surface area contributed by atoms with Gasteiger partial charge in [-0.1, -0.05) is 12.1 Å². The maximum Gasteiger partial charge on any atom is 0.223 e. The fourth-order valence-corrected chi connectivity index (χ4v) is 3.59. The van der Waals surface area contributed by atoms with E-state index in [1.54, 1.807) is 6.20 Å². The van der Waals surface area contributed by atoms with Crippen LogP contribution in [0.4, 0.5) is 0 Å². The number of aromatic nitrogens is 3. The number of H-pyrrole nitrogens is 1. The molecule has 0 spiro atoms. The molecule has 1 amide bonds. The van der Waals surface area contributed by atoms with E-state index in [9.17, 15) is 4.79 Å². The zero-order valence-electron chi connectivity index (χ0n) is 14.4. The number of hydrogen-bond donors (Lipinski definition) is 1. The van der Waals surface area contributed by atoms with Gasteiger partial charge in [0, 0.05) is 25.4 Å². The highest BCUT2D eigenvalue weighted by atomic mass is 16.2. The summed E-state index contributed by atoms with van der Waals surface area (Å²) in [5.41, 5.74) is 4.32. The number of nitrogens with zero attached hydrogens (tertiary/aromatic N) is 3. The summed E-state index contributed by atoms with van der Waals surface area (Å²) in [5, 5.41) is 0. The number of imidazole rings is 1. The fraction of sp³-hybridized carbons (Fsp3) is 0.350. The zero-order chi connectivity index (χ0) is 17.2. The van der Waals surface area contributed by atoms with Crippen molar-refractivity contribution in [2.75, 3.05) is 6.54 Å². The molecule has 0 bridgehead atoms. The SMILES string of the molecule is Cc1ccc2nc(C3CCCN3C(=O)CCc3cccnc3)[nH]c2c1. The number of fused-ring (bicyclic) bond motifs is 1. The third-order valence-corrected chi connectivity index (χ3v) is 4.89. The smallest absolute Gasteiger partial charge is 0.223 e. The summed E-state index contributed by atoms with van der Waals surface area (Å²) < 4.78 is 0. The molecule has 1 aliphatic heterocycles. The van der Waals surface area contributed by atoms with Crippen molar-refractivity contribution in [2.45, 2.75) is 38.6 Å². The molecule has 4 rings (SSSR count). The summed E-state index contributed by atoms with van der Waals surface area (Å²) in [6.07, 6.45) is 6.83. The van der Waals surface area contributed by atoms with E-state index in [4.69, 9.17) is 4.98 Å². The van der Waals surface area contributed by atoms with Crippen molar-refractivity contribution in [2.24, 2.45) is 0 Å². The number of hydrogen-bond acceptors (Lipinski definition) is 3. The van der Waals surface area contributed by atoms with Crippen molar-refractivity contribution in [3.63, 3.8) is 0 Å². The second-order valence-electron chi connectivity index (χ2n) is 6.75. The molecule has 3 heterocycles. The third kappa shape index (κ3) is 3.27. The van der Waals surface area contributed by atoms with Gasteiger partial charge in [0.2, 0.25) is 5.91 Å². The van der Waals surface area contributed by atoms with Crippen molar-refractivity contribution in [3.8, 4) is 0 Å². The van der Waals surface area contributed by atoms with Crippen LogP contribution in [0.5, 0.6) is 0 Å². The minimum absolute atomic E-state index is 0.0640. The van der Waals surface area contributed by atoms with Crippen molar-refractivity contribution < 1.29 is 4.79 Å². The molecule has 1 fully saturated rings. The first kappa shape index (κ1) is 15.8. The van der Waals surface area contributed by atoms with Crippen molar-refractivity contribution >= 4 is 16.9 Å². The van der Waals surface area contributed by atoms with Gasteiger partial charge in [0.15, 0.2) is 0 Å². The molecule has 3 aromatic rings. The molecule has 1 saturated heterocycles. The standard InChI is InChI=1S/C20H22N4O/c1-14-6-8-16-17(12-14)23-20(22-16)18-5-3-11-24(18)19(25)9-7-15-4-2-10-21-13-15/h2,4,6,8,10,12-13,18H,3,5,7,9,11H2,1H3,(H,22,23). The molecule has 5 nitrogen and oxygen atoms in total. The summed E-state index contributed by atoms with van der Waals surface area (Å²) in [5.74, 6) is 1.11. The number of rotatable bonds is 4. The summed E-state index contributed by atoms with van der Waals surface area (Å²) in [6, 6.07) is 10.2. The van der Waals surface area contributed by atoms with E-state index in [1.165, 1.54) is 5.56 Å². The van der Waals surface area contributed by atoms with Gasteiger partial charge in [0.05, 0.1) is 17.1 Å². The molecule has 5 heteroatoms. The van der Waals surface area contributed by atoms with E-state index >= 15 is 0 Å². The number of benzene rings is 1. The Morgan fingerprint density at radius 3 is 3.12 bits per heavy atom. The lowest BCUT2D eigenvalue weighted by Crippen LogP contribution is -2.31. The Bertz CT molecular complexity index is 887. The van der Waals surface area contributed by atoms with Gasteiger partial charge in [0.25, 0.3) is 0 Å². The van der Waals surface area contributed by atoms with Crippen LogP contribution in [-0.2, 0) is 11.2 Å². The number of nitrogens with one attached hydrogen (secondary N) is 1. The predicted molar refractivity (Wildman–Crippen MR) is 97.1 cm³/mol. The number of likely N-dealkylation sites (tertiary alicyclic amines) is 1. The topological polar surface area (TPSA) is 61.9 Å². The van der Waals surface area contributed by atoms with E-state index in [-0.39, 0.29) is 11.9 Å². The van der Waals surface area contributed by atoms with Gasteiger partial charge in [-0.3, -0.25) is 9.78 Å². The molecule has 0 saturated carbocycles. The molecule has 0 radical (unpaired) electrons. The Hall–Kier alpha value is -2.69. The summed E-state index contributed by atoms with van der Waals surface area (Å²) in [7, 11) is 0. The highest BCUT2D eigenvalue weighted by molar-refractivity contribution is 5.78. The largest absolute Gasteiger partial charge is 0.340 e. The first-order valence-electron chi connectivity index (χ1n) is 8.85. The van der Waals surface area contributed by atoms with Gasteiger partial charge >= 0.3 is 0 Å². The second-order valence-corrected chi connectivity index (χ2v) is 6.75. The van der Waals surface area contributed by atoms with E-state index in [1.807, 2.05) is 29.3 Å². The van der Waals surface area contributed by atoms with Gasteiger partial charge < -0.3 is 9.88 Å². The van der Waals surface area contributed by atoms with Gasteiger partial charge in [0.1, 0.15) is 5.82 Å². The summed E-state index contributed by atoms with van der Waals surface area (Å²) >= 11 is 0. The molecular weight excluding hydrogens is 312 g/mol. The first-order valence-corrected chi connectivity index (χ1v) is 8.85. The third-order valence-electron chi connectivity index (χ3n) is 4.89. The molecule has 1 N–H and O–H groups in total. The monoisotopic (exact) mass is 334 g/mol. The van der Waals surface area contributed by atoms with Crippen LogP contribution in [0.3, 0.4) is 0 Å². The zero-order valence-corrected chi connectivity index (χ0v) is 14.4. The number of aromatic amines is 1. The van der Waals surface area contributed by atoms with E-state index in [2.05, 4.69) is 29.0 Å². The minimum Gasteiger partial charge on any atom is -0.340 e. The molecule has 1 aromatic carbocycles. The Morgan fingerprint density at radius 2 is 2.28 bits per heavy atom. The Kier molecular flexibility index (Phi) is 4.22. The van der Waals surface area contributed by atoms with Gasteiger partial charge in [-0.15, -0.1) is 0 Å². The van der Waals surface area contributed by atoms with E-state index in [0.717, 1.165) is 48.2 Å². The van der Waals surface area contributed by atoms with Crippen LogP contribution in [0.25, 0.3) is 11.0 Å². The lowest BCUT2D eigenvalue weighted by molar-refractivity contribution is -0.132. The maximum atomic E-state index is 12.7. The number of carbonyl (C=O) groups is 1. The minimum atomic E-state index is 0.0640. The average Bonchev–Trinajstić information content (AvgIpc) is 3.26. The highest BCUT2D eigenvalue weighted by Crippen LogP contribution is 2.32. The molecule has 0 aliphatic carbocycles. The van der Waals surface area contributed by atoms with Crippen molar-refractivity contribution in [3.05, 3.63) is 59.7 Å². The van der Waals surface area contributed by atoms with Crippen LogP contribution < -0.4 is 0 Å². The summed E-state index contributed by atoms with van der Waals surface area (Å²) in [4.78, 5) is 27.0. The molecule has 2 aromatic heterocycles. The molecule has 1 atom stereocenters. The second kappa shape index (κ2) is 6.67. The van der Waals surface area contributed by atoms with Crippen LogP contribution in [0.15, 0.2) is 42.7 Å². The Balaban J connectivity index is 1.50. The number of aryl methyl sites for hydroxylation is 2. The van der Waals surface area contributed by atoms with Crippen LogP contribution in [0.1, 0.15) is 42.3 Å². The Morgan fingerprint density at radius 1 is 1.36 bits per heavy atom. The first-order chi connectivity index (χ1) is 12.2. The average molecular weight is 334 g/mol. The Labute approximate surface area is 147 Å². The van der Waals surface area contributed by atoms with Crippen molar-refractivity contribution in [1.82, 2.24) is 19.9 Å². The maximum absolute atomic E-state index is 12.7. The normalized spacial score (nSPS) is 17.3. The summed E-state index contributed by atoms with van der Waals surface area (Å²) in [6.45, 7) is 2.89. The number of amides is 1. The highest BCUT2D eigenvalue weighted by Gasteiger charge is 2.31. The van der Waals surface area contributed by atoms with E-state index < -0.39 is 0 Å². The van der Waals surface area contributed by atoms with Gasteiger partial charge in [-0.25, -0.2) is 4.98 Å². The molecule has 25 heavy (non-hydrogen) atoms. The van der Waals surface area contributed by atoms with E-state index in [0.29, 0.717) is 6.42 Å². The molecular formula is C20H22N4O. The fourth-order valence-electron chi connectivity index (χ4n) is 3.59. The molecule has 1 unspecified atom stereocenters. The quantitative estimate of drug-likeness (QED) is 0.793. The molecule has 1 aliphatic rings. The van der Waals surface area contributed by atoms with Gasteiger partial charge in [-0.2, -0.15) is 0 Å². The number of carbonyl (C=O) groups excluding carboxylic acids is 1.